The van der Waals surface area contributed by atoms with Crippen molar-refractivity contribution in [3.63, 3.8) is 0 Å². The fourth-order valence-corrected chi connectivity index (χ4v) is 3.53. The van der Waals surface area contributed by atoms with Gasteiger partial charge in [0.25, 0.3) is 5.56 Å². The van der Waals surface area contributed by atoms with E-state index in [1.807, 2.05) is 12.1 Å². The number of fused-ring (bicyclic) bond motifs is 1. The van der Waals surface area contributed by atoms with E-state index in [9.17, 15) is 14.7 Å². The molecule has 0 unspecified atom stereocenters. The molecule has 4 rings (SSSR count). The van der Waals surface area contributed by atoms with E-state index in [2.05, 4.69) is 21.0 Å². The molecule has 0 aliphatic heterocycles. The molecule has 0 saturated heterocycles. The molecule has 1 aromatic heterocycles. The normalized spacial score (nSPS) is 14.6. The lowest BCUT2D eigenvalue weighted by molar-refractivity contribution is -0.109. The number of rotatable bonds is 2. The van der Waals surface area contributed by atoms with Gasteiger partial charge in [0.1, 0.15) is 5.56 Å². The molecule has 1 aliphatic rings. The Bertz CT molecular complexity index is 1200. The van der Waals surface area contributed by atoms with Crippen LogP contribution in [0.15, 0.2) is 57.8 Å². The first-order chi connectivity index (χ1) is 12.9. The summed E-state index contributed by atoms with van der Waals surface area (Å²) in [7, 11) is 0. The third-order valence-corrected chi connectivity index (χ3v) is 4.98. The highest BCUT2D eigenvalue weighted by atomic mass is 79.9. The highest BCUT2D eigenvalue weighted by Gasteiger charge is 2.21. The Labute approximate surface area is 167 Å². The number of halogens is 2. The maximum absolute atomic E-state index is 12.4. The Morgan fingerprint density at radius 1 is 1.11 bits per heavy atom. The van der Waals surface area contributed by atoms with Gasteiger partial charge >= 0.3 is 0 Å². The molecule has 0 saturated carbocycles. The van der Waals surface area contributed by atoms with Gasteiger partial charge in [-0.2, -0.15) is 0 Å². The number of aromatic amines is 1. The minimum Gasteiger partial charge on any atom is -0.493 e. The second kappa shape index (κ2) is 6.72. The molecule has 0 fully saturated rings. The molecule has 0 atom stereocenters. The van der Waals surface area contributed by atoms with Crippen molar-refractivity contribution in [2.24, 2.45) is 0 Å². The van der Waals surface area contributed by atoms with Gasteiger partial charge < -0.3 is 5.11 Å². The highest BCUT2D eigenvalue weighted by Crippen LogP contribution is 2.32. The van der Waals surface area contributed by atoms with E-state index < -0.39 is 5.56 Å². The zero-order valence-corrected chi connectivity index (χ0v) is 16.1. The summed E-state index contributed by atoms with van der Waals surface area (Å²) in [6.45, 7) is 0. The van der Waals surface area contributed by atoms with Gasteiger partial charge in [-0.15, -0.1) is 0 Å². The molecule has 0 amide bonds. The molecule has 2 N–H and O–H groups in total. The second-order valence-corrected chi connectivity index (χ2v) is 7.33. The Morgan fingerprint density at radius 2 is 1.93 bits per heavy atom. The largest absolute Gasteiger partial charge is 0.493 e. The third-order valence-electron chi connectivity index (χ3n) is 4.25. The molecular formula is C20H12BrClN2O3. The van der Waals surface area contributed by atoms with Crippen LogP contribution in [0.25, 0.3) is 23.4 Å². The lowest BCUT2D eigenvalue weighted by Crippen LogP contribution is -2.08. The number of H-pyrrole nitrogens is 1. The van der Waals surface area contributed by atoms with E-state index in [1.54, 1.807) is 36.4 Å². The zero-order chi connectivity index (χ0) is 19.1. The minimum absolute atomic E-state index is 0.00231. The molecule has 5 nitrogen and oxygen atoms in total. The number of nitrogens with zero attached hydrogens (tertiary/aromatic N) is 1. The summed E-state index contributed by atoms with van der Waals surface area (Å²) < 4.78 is 2.11. The molecule has 134 valence electrons. The number of aromatic hydroxyl groups is 1. The average molecular weight is 444 g/mol. The molecule has 0 radical (unpaired) electrons. The van der Waals surface area contributed by atoms with Crippen LogP contribution in [0, 0.1) is 0 Å². The van der Waals surface area contributed by atoms with Crippen LogP contribution in [-0.2, 0) is 4.79 Å². The second-order valence-electron chi connectivity index (χ2n) is 5.98. The monoisotopic (exact) mass is 442 g/mol. The van der Waals surface area contributed by atoms with E-state index in [-0.39, 0.29) is 17.2 Å². The molecule has 1 heterocycles. The smallest absolute Gasteiger partial charge is 0.275 e. The fourth-order valence-electron chi connectivity index (χ4n) is 2.97. The summed E-state index contributed by atoms with van der Waals surface area (Å²) in [4.78, 5) is 24.8. The number of benzene rings is 2. The van der Waals surface area contributed by atoms with Crippen molar-refractivity contribution in [3.8, 4) is 11.6 Å². The van der Waals surface area contributed by atoms with Gasteiger partial charge in [0.2, 0.25) is 5.88 Å². The Balaban J connectivity index is 1.87. The standard InChI is InChI=1S/C20H12BrClN2O3/c21-12-5-6-15-11(8-12)4-7-18(25)16(15)10-17-19(26)23-24(20(17)27)14-3-1-2-13(22)9-14/h1-10,27H,(H,23,26)/b16-10-. The van der Waals surface area contributed by atoms with Crippen LogP contribution in [0.2, 0.25) is 5.02 Å². The number of aromatic nitrogens is 2. The van der Waals surface area contributed by atoms with Crippen LogP contribution >= 0.6 is 27.5 Å². The number of hydrogen-bond donors (Lipinski definition) is 2. The van der Waals surface area contributed by atoms with E-state index in [4.69, 9.17) is 11.6 Å². The van der Waals surface area contributed by atoms with Crippen molar-refractivity contribution < 1.29 is 9.90 Å². The summed E-state index contributed by atoms with van der Waals surface area (Å²) in [6, 6.07) is 12.2. The molecule has 1 aliphatic carbocycles. The maximum Gasteiger partial charge on any atom is 0.275 e. The summed E-state index contributed by atoms with van der Waals surface area (Å²) >= 11 is 9.39. The van der Waals surface area contributed by atoms with Gasteiger partial charge in [-0.1, -0.05) is 45.7 Å². The number of carbonyl (C=O) groups excluding carboxylic acids is 1. The summed E-state index contributed by atoms with van der Waals surface area (Å²) in [5.41, 5.74) is 1.87. The first-order valence-corrected chi connectivity index (χ1v) is 9.15. The SMILES string of the molecule is O=C1C=Cc2cc(Br)ccc2/C1=C/c1c(O)n(-c2cccc(Cl)c2)[nH]c1=O. The van der Waals surface area contributed by atoms with Crippen LogP contribution in [-0.4, -0.2) is 20.7 Å². The van der Waals surface area contributed by atoms with Crippen LogP contribution in [0.3, 0.4) is 0 Å². The highest BCUT2D eigenvalue weighted by molar-refractivity contribution is 9.10. The number of allylic oxidation sites excluding steroid dienone is 2. The Kier molecular flexibility index (Phi) is 4.37. The molecule has 0 spiro atoms. The Hall–Kier alpha value is -2.83. The number of nitrogens with one attached hydrogen (secondary N) is 1. The van der Waals surface area contributed by atoms with Crippen molar-refractivity contribution in [2.75, 3.05) is 0 Å². The van der Waals surface area contributed by atoms with Crippen LogP contribution < -0.4 is 5.56 Å². The van der Waals surface area contributed by atoms with E-state index >= 15 is 0 Å². The summed E-state index contributed by atoms with van der Waals surface area (Å²) in [5.74, 6) is -0.532. The lowest BCUT2D eigenvalue weighted by Gasteiger charge is -2.13. The van der Waals surface area contributed by atoms with Crippen molar-refractivity contribution in [1.82, 2.24) is 9.78 Å². The van der Waals surface area contributed by atoms with Crippen LogP contribution in [0.4, 0.5) is 0 Å². The molecule has 7 heteroatoms. The van der Waals surface area contributed by atoms with Gasteiger partial charge in [0.15, 0.2) is 5.78 Å². The van der Waals surface area contributed by atoms with Crippen molar-refractivity contribution in [3.05, 3.63) is 85.1 Å². The molecule has 27 heavy (non-hydrogen) atoms. The zero-order valence-electron chi connectivity index (χ0n) is 13.7. The first kappa shape index (κ1) is 17.6. The van der Waals surface area contributed by atoms with Gasteiger partial charge in [-0.3, -0.25) is 14.7 Å². The summed E-state index contributed by atoms with van der Waals surface area (Å²) in [5, 5.41) is 13.6. The first-order valence-electron chi connectivity index (χ1n) is 7.98. The third kappa shape index (κ3) is 3.18. The van der Waals surface area contributed by atoms with Crippen molar-refractivity contribution >= 4 is 51.0 Å². The van der Waals surface area contributed by atoms with Gasteiger partial charge in [0, 0.05) is 15.1 Å². The van der Waals surface area contributed by atoms with E-state index in [1.165, 1.54) is 16.8 Å². The average Bonchev–Trinajstić information content (AvgIpc) is 2.92. The lowest BCUT2D eigenvalue weighted by atomic mass is 9.90. The van der Waals surface area contributed by atoms with Crippen molar-refractivity contribution in [1.29, 1.82) is 0 Å². The van der Waals surface area contributed by atoms with Gasteiger partial charge in [-0.05, 0) is 53.6 Å². The van der Waals surface area contributed by atoms with Crippen LogP contribution in [0.1, 0.15) is 16.7 Å². The topological polar surface area (TPSA) is 75.1 Å². The Morgan fingerprint density at radius 3 is 2.70 bits per heavy atom. The predicted molar refractivity (Wildman–Crippen MR) is 109 cm³/mol. The molecule has 0 bridgehead atoms. The van der Waals surface area contributed by atoms with Gasteiger partial charge in [0.05, 0.1) is 5.69 Å². The maximum atomic E-state index is 12.4. The molecule has 2 aromatic carbocycles. The van der Waals surface area contributed by atoms with Crippen LogP contribution in [0.5, 0.6) is 5.88 Å². The number of ketones is 1. The molecule has 3 aromatic rings. The van der Waals surface area contributed by atoms with E-state index in [0.29, 0.717) is 21.8 Å². The van der Waals surface area contributed by atoms with Gasteiger partial charge in [-0.25, -0.2) is 4.68 Å². The quantitative estimate of drug-likeness (QED) is 0.576. The van der Waals surface area contributed by atoms with E-state index in [0.717, 1.165) is 10.0 Å². The predicted octanol–water partition coefficient (Wildman–Crippen LogP) is 4.42. The number of carbonyl (C=O) groups is 1. The minimum atomic E-state index is -0.513. The summed E-state index contributed by atoms with van der Waals surface area (Å²) in [6.07, 6.45) is 4.58. The fraction of sp³-hybridized carbons (Fsp3) is 0. The molecular weight excluding hydrogens is 432 g/mol. The van der Waals surface area contributed by atoms with Crippen molar-refractivity contribution in [2.45, 2.75) is 0 Å². The number of hydrogen-bond acceptors (Lipinski definition) is 3.